The maximum Gasteiger partial charge on any atom is 0.334 e. The quantitative estimate of drug-likeness (QED) is 0.635. The molecule has 2 aromatic carbocycles. The van der Waals surface area contributed by atoms with Crippen molar-refractivity contribution in [2.24, 2.45) is 0 Å². The third-order valence-corrected chi connectivity index (χ3v) is 3.13. The zero-order valence-electron chi connectivity index (χ0n) is 11.6. The lowest BCUT2D eigenvalue weighted by atomic mass is 10.2. The molecule has 6 nitrogen and oxygen atoms in total. The maximum atomic E-state index is 11.3. The Hall–Kier alpha value is -3.07. The summed E-state index contributed by atoms with van der Waals surface area (Å²) in [5, 5.41) is 20.1. The molecular formula is C15H13N3O3. The van der Waals surface area contributed by atoms with Gasteiger partial charge in [-0.1, -0.05) is 6.07 Å². The molecule has 0 saturated heterocycles. The van der Waals surface area contributed by atoms with Crippen molar-refractivity contribution >= 4 is 17.1 Å². The number of hydrogen-bond acceptors (Lipinski definition) is 5. The fourth-order valence-electron chi connectivity index (χ4n) is 2.03. The Morgan fingerprint density at radius 2 is 1.90 bits per heavy atom. The van der Waals surface area contributed by atoms with Crippen LogP contribution in [0.3, 0.4) is 0 Å². The molecule has 0 atom stereocenters. The molecule has 0 N–H and O–H groups in total. The standard InChI is InChI=1S/C15H13N3O3/c1-17(12-8-6-11(10-16)7-9-12)13-4-3-5-14(21-2)15(13)18(19)20/h3-9H,1-2H3. The van der Waals surface area contributed by atoms with Gasteiger partial charge in [0.25, 0.3) is 0 Å². The number of anilines is 2. The van der Waals surface area contributed by atoms with Crippen molar-refractivity contribution in [3.63, 3.8) is 0 Å². The molecule has 106 valence electrons. The normalized spacial score (nSPS) is 9.76. The van der Waals surface area contributed by atoms with Crippen molar-refractivity contribution in [2.75, 3.05) is 19.1 Å². The maximum absolute atomic E-state index is 11.3. The summed E-state index contributed by atoms with van der Waals surface area (Å²) >= 11 is 0. The van der Waals surface area contributed by atoms with Crippen LogP contribution < -0.4 is 9.64 Å². The number of nitro groups is 1. The lowest BCUT2D eigenvalue weighted by Gasteiger charge is -2.20. The first-order valence-electron chi connectivity index (χ1n) is 6.13. The van der Waals surface area contributed by atoms with Crippen molar-refractivity contribution in [3.05, 3.63) is 58.1 Å². The molecule has 2 rings (SSSR count). The molecular weight excluding hydrogens is 270 g/mol. The molecule has 6 heteroatoms. The topological polar surface area (TPSA) is 79.4 Å². The molecule has 21 heavy (non-hydrogen) atoms. The van der Waals surface area contributed by atoms with E-state index in [2.05, 4.69) is 0 Å². The molecule has 0 fully saturated rings. The van der Waals surface area contributed by atoms with Crippen molar-refractivity contribution in [1.29, 1.82) is 5.26 Å². The molecule has 0 heterocycles. The van der Waals surface area contributed by atoms with Crippen LogP contribution in [0.2, 0.25) is 0 Å². The van der Waals surface area contributed by atoms with Crippen LogP contribution in [-0.4, -0.2) is 19.1 Å². The van der Waals surface area contributed by atoms with Gasteiger partial charge in [-0.25, -0.2) is 0 Å². The van der Waals surface area contributed by atoms with Gasteiger partial charge < -0.3 is 9.64 Å². The van der Waals surface area contributed by atoms with Gasteiger partial charge in [0.05, 0.1) is 23.7 Å². The van der Waals surface area contributed by atoms with Crippen molar-refractivity contribution in [2.45, 2.75) is 0 Å². The van der Waals surface area contributed by atoms with E-state index < -0.39 is 4.92 Å². The predicted molar refractivity (Wildman–Crippen MR) is 78.9 cm³/mol. The second-order valence-corrected chi connectivity index (χ2v) is 4.30. The third kappa shape index (κ3) is 2.77. The van der Waals surface area contributed by atoms with Crippen molar-refractivity contribution in [3.8, 4) is 11.8 Å². The fourth-order valence-corrected chi connectivity index (χ4v) is 2.03. The van der Waals surface area contributed by atoms with Gasteiger partial charge in [0.15, 0.2) is 5.75 Å². The summed E-state index contributed by atoms with van der Waals surface area (Å²) in [6.45, 7) is 0. The van der Waals surface area contributed by atoms with E-state index in [9.17, 15) is 10.1 Å². The lowest BCUT2D eigenvalue weighted by Crippen LogP contribution is -2.12. The smallest absolute Gasteiger partial charge is 0.334 e. The summed E-state index contributed by atoms with van der Waals surface area (Å²) in [5.74, 6) is 0.206. The number of nitriles is 1. The van der Waals surface area contributed by atoms with Gasteiger partial charge in [-0.15, -0.1) is 0 Å². The second-order valence-electron chi connectivity index (χ2n) is 4.30. The highest BCUT2D eigenvalue weighted by atomic mass is 16.6. The Kier molecular flexibility index (Phi) is 4.05. The molecule has 0 aliphatic heterocycles. The van der Waals surface area contributed by atoms with Crippen LogP contribution in [0.25, 0.3) is 0 Å². The van der Waals surface area contributed by atoms with Crippen LogP contribution in [0.1, 0.15) is 5.56 Å². The van der Waals surface area contributed by atoms with E-state index in [1.165, 1.54) is 7.11 Å². The van der Waals surface area contributed by atoms with Crippen LogP contribution >= 0.6 is 0 Å². The second kappa shape index (κ2) is 5.92. The van der Waals surface area contributed by atoms with Gasteiger partial charge in [0.1, 0.15) is 5.69 Å². The Labute approximate surface area is 122 Å². The van der Waals surface area contributed by atoms with E-state index in [0.717, 1.165) is 5.69 Å². The summed E-state index contributed by atoms with van der Waals surface area (Å²) in [6.07, 6.45) is 0. The van der Waals surface area contributed by atoms with Gasteiger partial charge >= 0.3 is 5.69 Å². The van der Waals surface area contributed by atoms with Gasteiger partial charge in [-0.05, 0) is 36.4 Å². The van der Waals surface area contributed by atoms with Crippen LogP contribution in [0.5, 0.6) is 5.75 Å². The summed E-state index contributed by atoms with van der Waals surface area (Å²) in [5.41, 5.74) is 1.61. The molecule has 0 aliphatic rings. The predicted octanol–water partition coefficient (Wildman–Crippen LogP) is 3.24. The van der Waals surface area contributed by atoms with Gasteiger partial charge in [-0.3, -0.25) is 10.1 Å². The number of para-hydroxylation sites is 1. The molecule has 0 bridgehead atoms. The number of rotatable bonds is 4. The first-order valence-corrected chi connectivity index (χ1v) is 6.13. The monoisotopic (exact) mass is 283 g/mol. The molecule has 0 spiro atoms. The average Bonchev–Trinajstić information content (AvgIpc) is 2.53. The number of methoxy groups -OCH3 is 1. The first-order chi connectivity index (χ1) is 10.1. The zero-order chi connectivity index (χ0) is 15.4. The summed E-state index contributed by atoms with van der Waals surface area (Å²) in [7, 11) is 3.12. The zero-order valence-corrected chi connectivity index (χ0v) is 11.6. The summed E-state index contributed by atoms with van der Waals surface area (Å²) in [4.78, 5) is 12.5. The van der Waals surface area contributed by atoms with Crippen LogP contribution in [-0.2, 0) is 0 Å². The van der Waals surface area contributed by atoms with Crippen molar-refractivity contribution < 1.29 is 9.66 Å². The SMILES string of the molecule is COc1cccc(N(C)c2ccc(C#N)cc2)c1[N+](=O)[O-]. The van der Waals surface area contributed by atoms with E-state index in [1.807, 2.05) is 6.07 Å². The minimum atomic E-state index is -0.464. The Morgan fingerprint density at radius 3 is 2.43 bits per heavy atom. The molecule has 0 saturated carbocycles. The van der Waals surface area contributed by atoms with Crippen LogP contribution in [0.4, 0.5) is 17.1 Å². The number of benzene rings is 2. The van der Waals surface area contributed by atoms with E-state index in [1.54, 1.807) is 54.4 Å². The fraction of sp³-hybridized carbons (Fsp3) is 0.133. The third-order valence-electron chi connectivity index (χ3n) is 3.13. The summed E-state index contributed by atoms with van der Waals surface area (Å²) in [6, 6.07) is 13.7. The molecule has 0 radical (unpaired) electrons. The van der Waals surface area contributed by atoms with E-state index >= 15 is 0 Å². The van der Waals surface area contributed by atoms with E-state index in [4.69, 9.17) is 10.00 Å². The first kappa shape index (κ1) is 14.3. The van der Waals surface area contributed by atoms with Gasteiger partial charge in [0.2, 0.25) is 0 Å². The highest BCUT2D eigenvalue weighted by Gasteiger charge is 2.23. The van der Waals surface area contributed by atoms with Crippen LogP contribution in [0, 0.1) is 21.4 Å². The van der Waals surface area contributed by atoms with Gasteiger partial charge in [-0.2, -0.15) is 5.26 Å². The minimum absolute atomic E-state index is 0.0909. The van der Waals surface area contributed by atoms with Crippen LogP contribution in [0.15, 0.2) is 42.5 Å². The molecule has 0 amide bonds. The molecule has 0 aliphatic carbocycles. The van der Waals surface area contributed by atoms with E-state index in [0.29, 0.717) is 11.3 Å². The largest absolute Gasteiger partial charge is 0.490 e. The van der Waals surface area contributed by atoms with E-state index in [-0.39, 0.29) is 11.4 Å². The average molecular weight is 283 g/mol. The summed E-state index contributed by atoms with van der Waals surface area (Å²) < 4.78 is 5.06. The number of nitro benzene ring substituents is 1. The van der Waals surface area contributed by atoms with Crippen molar-refractivity contribution in [1.82, 2.24) is 0 Å². The highest BCUT2D eigenvalue weighted by Crippen LogP contribution is 2.39. The Balaban J connectivity index is 2.49. The highest BCUT2D eigenvalue weighted by molar-refractivity contribution is 5.75. The Morgan fingerprint density at radius 1 is 1.24 bits per heavy atom. The Bertz CT molecular complexity index is 705. The number of hydrogen-bond donors (Lipinski definition) is 0. The molecule has 2 aromatic rings. The molecule has 0 unspecified atom stereocenters. The minimum Gasteiger partial charge on any atom is -0.490 e. The lowest BCUT2D eigenvalue weighted by molar-refractivity contribution is -0.385. The molecule has 0 aromatic heterocycles. The number of nitrogens with zero attached hydrogens (tertiary/aromatic N) is 3. The van der Waals surface area contributed by atoms with Gasteiger partial charge in [0, 0.05) is 12.7 Å². The number of ether oxygens (including phenoxy) is 1.